The predicted octanol–water partition coefficient (Wildman–Crippen LogP) is 4.69. The van der Waals surface area contributed by atoms with E-state index in [0.29, 0.717) is 12.6 Å². The zero-order valence-electron chi connectivity index (χ0n) is 22.4. The van der Waals surface area contributed by atoms with Crippen molar-refractivity contribution in [2.75, 3.05) is 0 Å². The Bertz CT molecular complexity index is 759. The summed E-state index contributed by atoms with van der Waals surface area (Å²) in [6.45, 7) is 24.9. The Morgan fingerprint density at radius 2 is 1.06 bits per heavy atom. The summed E-state index contributed by atoms with van der Waals surface area (Å²) in [5.41, 5.74) is 0. The van der Waals surface area contributed by atoms with Crippen LogP contribution in [0.5, 0.6) is 0 Å². The van der Waals surface area contributed by atoms with Crippen LogP contribution in [-0.4, -0.2) is 59.4 Å². The van der Waals surface area contributed by atoms with E-state index < -0.39 is 46.8 Å². The molecule has 0 saturated carbocycles. The van der Waals surface area contributed by atoms with Crippen LogP contribution in [0.15, 0.2) is 0 Å². The molecule has 1 aliphatic heterocycles. The van der Waals surface area contributed by atoms with Crippen LogP contribution in [-0.2, 0) is 27.9 Å². The quantitative estimate of drug-likeness (QED) is 0.303. The van der Waals surface area contributed by atoms with Crippen LogP contribution in [0.25, 0.3) is 0 Å². The highest BCUT2D eigenvalue weighted by Crippen LogP contribution is 2.42. The molecule has 33 heavy (non-hydrogen) atoms. The molecule has 0 unspecified atom stereocenters. The van der Waals surface area contributed by atoms with Crippen molar-refractivity contribution < 1.29 is 27.9 Å². The fourth-order valence-corrected chi connectivity index (χ4v) is 5.23. The minimum absolute atomic E-state index is 0.0764. The van der Waals surface area contributed by atoms with E-state index in [9.17, 15) is 9.59 Å². The van der Waals surface area contributed by atoms with E-state index in [0.717, 1.165) is 0 Å². The fourth-order valence-electron chi connectivity index (χ4n) is 2.86. The van der Waals surface area contributed by atoms with Gasteiger partial charge in [0.2, 0.25) is 0 Å². The van der Waals surface area contributed by atoms with E-state index in [1.165, 1.54) is 0 Å². The normalized spacial score (nSPS) is 22.9. The fraction of sp³-hybridized carbons (Fsp3) is 0.760. The van der Waals surface area contributed by atoms with Crippen molar-refractivity contribution in [3.63, 3.8) is 0 Å². The Labute approximate surface area is 202 Å². The van der Waals surface area contributed by atoms with Gasteiger partial charge in [0.25, 0.3) is 0 Å². The Kier molecular flexibility index (Phi) is 9.52. The summed E-state index contributed by atoms with van der Waals surface area (Å²) in [5, 5.41) is -0.153. The number of ether oxygens (including phenoxy) is 2. The molecule has 0 spiro atoms. The first-order valence-electron chi connectivity index (χ1n) is 11.4. The Balaban J connectivity index is 3.52. The summed E-state index contributed by atoms with van der Waals surface area (Å²) in [6.07, 6.45) is -1.64. The number of hydrogen-bond acceptors (Lipinski definition) is 6. The van der Waals surface area contributed by atoms with Crippen LogP contribution in [0, 0.1) is 23.7 Å². The van der Waals surface area contributed by atoms with Crippen LogP contribution >= 0.6 is 0 Å². The maximum atomic E-state index is 11.1. The molecule has 0 radical (unpaired) electrons. The monoisotopic (exact) mass is 494 g/mol. The van der Waals surface area contributed by atoms with Gasteiger partial charge in [0.05, 0.1) is 0 Å². The molecule has 186 valence electrons. The van der Waals surface area contributed by atoms with Crippen molar-refractivity contribution in [3.8, 4) is 23.7 Å². The van der Waals surface area contributed by atoms with Gasteiger partial charge in [-0.15, -0.1) is 0 Å². The molecule has 0 bridgehead atoms. The maximum absolute atomic E-state index is 11.1. The van der Waals surface area contributed by atoms with Crippen molar-refractivity contribution in [2.45, 2.75) is 122 Å². The van der Waals surface area contributed by atoms with Gasteiger partial charge in [-0.05, 0) is 62.0 Å². The number of aldehydes is 2. The number of hydrogen-bond donors (Lipinski definition) is 0. The first kappa shape index (κ1) is 29.8. The van der Waals surface area contributed by atoms with Gasteiger partial charge in [-0.25, -0.2) is 0 Å². The highest BCUT2D eigenvalue weighted by atomic mass is 28.4. The summed E-state index contributed by atoms with van der Waals surface area (Å²) < 4.78 is 25.8. The molecule has 0 aliphatic carbocycles. The molecule has 0 aromatic rings. The van der Waals surface area contributed by atoms with Crippen LogP contribution in [0.1, 0.15) is 55.4 Å². The van der Waals surface area contributed by atoms with Crippen LogP contribution in [0.3, 0.4) is 0 Å². The lowest BCUT2D eigenvalue weighted by atomic mass is 10.0. The van der Waals surface area contributed by atoms with Gasteiger partial charge in [-0.3, -0.25) is 9.59 Å². The zero-order chi connectivity index (χ0) is 25.9. The lowest BCUT2D eigenvalue weighted by molar-refractivity contribution is -0.155. The van der Waals surface area contributed by atoms with Crippen LogP contribution in [0.4, 0.5) is 0 Å². The van der Waals surface area contributed by atoms with Crippen LogP contribution < -0.4 is 0 Å². The zero-order valence-corrected chi connectivity index (χ0v) is 24.4. The molecule has 0 N–H and O–H groups in total. The Morgan fingerprint density at radius 3 is 1.30 bits per heavy atom. The van der Waals surface area contributed by atoms with E-state index in [2.05, 4.69) is 91.4 Å². The molecular weight excluding hydrogens is 452 g/mol. The molecule has 0 amide bonds. The summed E-state index contributed by atoms with van der Waals surface area (Å²) in [7, 11) is -4.55. The highest BCUT2D eigenvalue weighted by molar-refractivity contribution is 6.74. The summed E-state index contributed by atoms with van der Waals surface area (Å²) in [4.78, 5) is 22.2. The van der Waals surface area contributed by atoms with Gasteiger partial charge >= 0.3 is 0 Å². The average Bonchev–Trinajstić information content (AvgIpc) is 2.95. The van der Waals surface area contributed by atoms with E-state index in [1.54, 1.807) is 0 Å². The molecule has 4 atom stereocenters. The topological polar surface area (TPSA) is 71.1 Å². The van der Waals surface area contributed by atoms with Gasteiger partial charge in [0.15, 0.2) is 35.0 Å². The minimum atomic E-state index is -2.28. The smallest absolute Gasteiger partial charge is 0.193 e. The molecule has 1 saturated heterocycles. The largest absolute Gasteiger partial charge is 0.401 e. The molecule has 6 nitrogen and oxygen atoms in total. The molecule has 1 fully saturated rings. The minimum Gasteiger partial charge on any atom is -0.401 e. The van der Waals surface area contributed by atoms with E-state index in [4.69, 9.17) is 18.3 Å². The SMILES string of the molecule is CC1(C)O[C@@H]([C@@H](C#CC=O)O[Si](C)(C)C(C)(C)C)[C@H]([C@@H](C#CC=O)O[Si](C)(C)C(C)(C)C)O1. The summed E-state index contributed by atoms with van der Waals surface area (Å²) in [6, 6.07) is 0. The summed E-state index contributed by atoms with van der Waals surface area (Å²) in [5.74, 6) is 9.96. The van der Waals surface area contributed by atoms with Crippen molar-refractivity contribution >= 4 is 29.2 Å². The second-order valence-corrected chi connectivity index (χ2v) is 21.5. The van der Waals surface area contributed by atoms with Crippen LogP contribution in [0.2, 0.25) is 36.3 Å². The van der Waals surface area contributed by atoms with Gasteiger partial charge in [-0.1, -0.05) is 53.4 Å². The third kappa shape index (κ3) is 7.88. The van der Waals surface area contributed by atoms with Crippen molar-refractivity contribution in [3.05, 3.63) is 0 Å². The first-order chi connectivity index (χ1) is 14.8. The number of rotatable bonds is 6. The Morgan fingerprint density at radius 1 is 0.758 bits per heavy atom. The molecule has 0 aromatic carbocycles. The lowest BCUT2D eigenvalue weighted by Crippen LogP contribution is -2.53. The standard InChI is InChI=1S/C25H42O6Si2/c1-23(2,3)32(9,10)30-19(15-13-17-26)21-22(29-25(7,8)28-21)20(16-14-18-27)31-33(11,12)24(4,5)6/h17-22H,1-12H3/t19-,20-,21+,22+/m1/s1. The summed E-state index contributed by atoms with van der Waals surface area (Å²) >= 11 is 0. The maximum Gasteiger partial charge on any atom is 0.193 e. The third-order valence-corrected chi connectivity index (χ3v) is 15.7. The van der Waals surface area contributed by atoms with Crippen molar-refractivity contribution in [2.24, 2.45) is 0 Å². The first-order valence-corrected chi connectivity index (χ1v) is 17.2. The lowest BCUT2D eigenvalue weighted by Gasteiger charge is -2.41. The van der Waals surface area contributed by atoms with Gasteiger partial charge in [-0.2, -0.15) is 0 Å². The number of carbonyl (C=O) groups excluding carboxylic acids is 2. The van der Waals surface area contributed by atoms with Gasteiger partial charge in [0, 0.05) is 0 Å². The van der Waals surface area contributed by atoms with E-state index in [-0.39, 0.29) is 10.1 Å². The van der Waals surface area contributed by atoms with Crippen molar-refractivity contribution in [1.82, 2.24) is 0 Å². The molecular formula is C25H42O6Si2. The number of carbonyl (C=O) groups is 2. The van der Waals surface area contributed by atoms with Gasteiger partial charge < -0.3 is 18.3 Å². The van der Waals surface area contributed by atoms with Gasteiger partial charge in [0.1, 0.15) is 24.4 Å². The second-order valence-electron chi connectivity index (χ2n) is 12.0. The molecule has 0 aromatic heterocycles. The molecule has 1 aliphatic rings. The molecule has 1 heterocycles. The predicted molar refractivity (Wildman–Crippen MR) is 136 cm³/mol. The van der Waals surface area contributed by atoms with Crippen molar-refractivity contribution in [1.29, 1.82) is 0 Å². The molecule has 1 rings (SSSR count). The molecule has 8 heteroatoms. The second kappa shape index (κ2) is 10.6. The Hall–Kier alpha value is -1.27. The third-order valence-electron chi connectivity index (χ3n) is 6.78. The highest BCUT2D eigenvalue weighted by Gasteiger charge is 2.53. The van der Waals surface area contributed by atoms with E-state index >= 15 is 0 Å². The van der Waals surface area contributed by atoms with E-state index in [1.807, 2.05) is 13.8 Å². The average molecular weight is 495 g/mol.